The van der Waals surface area contributed by atoms with Crippen LogP contribution in [0, 0.1) is 0 Å². The van der Waals surface area contributed by atoms with E-state index < -0.39 is 0 Å². The van der Waals surface area contributed by atoms with Crippen molar-refractivity contribution >= 4 is 16.9 Å². The molecule has 4 aromatic rings. The zero-order valence-corrected chi connectivity index (χ0v) is 16.6. The lowest BCUT2D eigenvalue weighted by molar-refractivity contribution is 0.159. The molecule has 3 heterocycles. The maximum atomic E-state index is 6.25. The van der Waals surface area contributed by atoms with E-state index in [-0.39, 0.29) is 0 Å². The second-order valence-corrected chi connectivity index (χ2v) is 7.38. The zero-order chi connectivity index (χ0) is 20.2. The molecule has 150 valence electrons. The normalized spacial score (nSPS) is 15.4. The lowest BCUT2D eigenvalue weighted by Crippen LogP contribution is -2.10. The maximum absolute atomic E-state index is 6.25. The van der Waals surface area contributed by atoms with Crippen LogP contribution in [0.15, 0.2) is 83.7 Å². The van der Waals surface area contributed by atoms with E-state index in [9.17, 15) is 0 Å². The smallest absolute Gasteiger partial charge is 0.232 e. The molecule has 5 nitrogen and oxygen atoms in total. The molecule has 1 atom stereocenters. The standard InChI is InChI=1S/C25H23N3O2/c1-3-9-18(10-4-1)21-22-24(26-15-7-13-20-14-8-16-29-20)27-17-28-25(22)30-23(21)19-11-5-2-6-12-19/h1-6,8-12,16-17,20H,7,13-15H2,(H,26,27,28). The summed E-state index contributed by atoms with van der Waals surface area (Å²) < 4.78 is 11.8. The van der Waals surface area contributed by atoms with Gasteiger partial charge in [-0.1, -0.05) is 60.7 Å². The summed E-state index contributed by atoms with van der Waals surface area (Å²) in [6, 6.07) is 20.4. The Balaban J connectivity index is 1.51. The summed E-state index contributed by atoms with van der Waals surface area (Å²) in [5.74, 6) is 1.61. The molecule has 1 aliphatic rings. The number of rotatable bonds is 7. The van der Waals surface area contributed by atoms with E-state index in [0.29, 0.717) is 11.8 Å². The van der Waals surface area contributed by atoms with E-state index >= 15 is 0 Å². The van der Waals surface area contributed by atoms with Crippen molar-refractivity contribution in [2.45, 2.75) is 25.4 Å². The number of furan rings is 1. The minimum absolute atomic E-state index is 0.302. The quantitative estimate of drug-likeness (QED) is 0.385. The Morgan fingerprint density at radius 1 is 0.933 bits per heavy atom. The maximum Gasteiger partial charge on any atom is 0.232 e. The Kier molecular flexibility index (Phi) is 5.17. The number of nitrogens with one attached hydrogen (secondary N) is 1. The van der Waals surface area contributed by atoms with Gasteiger partial charge >= 0.3 is 0 Å². The number of ether oxygens (including phenoxy) is 1. The average Bonchev–Trinajstić information content (AvgIpc) is 3.46. The van der Waals surface area contributed by atoms with Crippen molar-refractivity contribution in [3.63, 3.8) is 0 Å². The van der Waals surface area contributed by atoms with Gasteiger partial charge in [0, 0.05) is 24.1 Å². The highest BCUT2D eigenvalue weighted by molar-refractivity contribution is 6.05. The van der Waals surface area contributed by atoms with Gasteiger partial charge in [-0.2, -0.15) is 0 Å². The zero-order valence-electron chi connectivity index (χ0n) is 16.6. The lowest BCUT2D eigenvalue weighted by Gasteiger charge is -2.11. The van der Waals surface area contributed by atoms with Crippen LogP contribution in [-0.4, -0.2) is 22.6 Å². The second-order valence-electron chi connectivity index (χ2n) is 7.38. The molecule has 5 rings (SSSR count). The van der Waals surface area contributed by atoms with E-state index in [1.165, 1.54) is 0 Å². The summed E-state index contributed by atoms with van der Waals surface area (Å²) in [7, 11) is 0. The van der Waals surface area contributed by atoms with Crippen LogP contribution in [0.3, 0.4) is 0 Å². The summed E-state index contributed by atoms with van der Waals surface area (Å²) >= 11 is 0. The lowest BCUT2D eigenvalue weighted by atomic mass is 9.99. The molecule has 5 heteroatoms. The monoisotopic (exact) mass is 397 g/mol. The van der Waals surface area contributed by atoms with Crippen molar-refractivity contribution in [3.8, 4) is 22.5 Å². The molecule has 0 saturated heterocycles. The van der Waals surface area contributed by atoms with Gasteiger partial charge in [0.2, 0.25) is 5.71 Å². The van der Waals surface area contributed by atoms with Crippen LogP contribution < -0.4 is 5.32 Å². The average molecular weight is 397 g/mol. The molecule has 0 fully saturated rings. The third-order valence-electron chi connectivity index (χ3n) is 5.35. The largest absolute Gasteiger partial charge is 0.498 e. The first-order valence-electron chi connectivity index (χ1n) is 10.3. The van der Waals surface area contributed by atoms with Crippen molar-refractivity contribution in [1.82, 2.24) is 9.97 Å². The fourth-order valence-electron chi connectivity index (χ4n) is 3.89. The first-order valence-corrected chi connectivity index (χ1v) is 10.3. The predicted molar refractivity (Wildman–Crippen MR) is 119 cm³/mol. The Hall–Kier alpha value is -3.60. The molecule has 1 N–H and O–H groups in total. The van der Waals surface area contributed by atoms with Crippen molar-refractivity contribution in [1.29, 1.82) is 0 Å². The van der Waals surface area contributed by atoms with Crippen LogP contribution in [0.4, 0.5) is 5.82 Å². The van der Waals surface area contributed by atoms with Crippen LogP contribution >= 0.6 is 0 Å². The second kappa shape index (κ2) is 8.41. The van der Waals surface area contributed by atoms with Gasteiger partial charge in [-0.3, -0.25) is 0 Å². The molecule has 0 radical (unpaired) electrons. The van der Waals surface area contributed by atoms with Crippen molar-refractivity contribution in [2.24, 2.45) is 0 Å². The van der Waals surface area contributed by atoms with Gasteiger partial charge in [0.15, 0.2) is 0 Å². The number of hydrogen-bond acceptors (Lipinski definition) is 5. The molecule has 0 amide bonds. The molecule has 1 aliphatic heterocycles. The molecule has 30 heavy (non-hydrogen) atoms. The molecule has 0 bridgehead atoms. The third kappa shape index (κ3) is 3.66. The highest BCUT2D eigenvalue weighted by Gasteiger charge is 2.22. The Bertz CT molecular complexity index is 1150. The van der Waals surface area contributed by atoms with Crippen LogP contribution in [0.2, 0.25) is 0 Å². The molecular weight excluding hydrogens is 374 g/mol. The number of hydrogen-bond donors (Lipinski definition) is 1. The topological polar surface area (TPSA) is 60.2 Å². The van der Waals surface area contributed by atoms with Gasteiger partial charge in [-0.25, -0.2) is 9.97 Å². The van der Waals surface area contributed by atoms with E-state index in [0.717, 1.165) is 59.5 Å². The van der Waals surface area contributed by atoms with Gasteiger partial charge in [0.05, 0.1) is 11.6 Å². The van der Waals surface area contributed by atoms with Crippen molar-refractivity contribution in [2.75, 3.05) is 11.9 Å². The molecule has 1 unspecified atom stereocenters. The number of aromatic nitrogens is 2. The molecular formula is C25H23N3O2. The summed E-state index contributed by atoms with van der Waals surface area (Å²) in [4.78, 5) is 8.96. The number of benzene rings is 2. The van der Waals surface area contributed by atoms with Crippen molar-refractivity contribution in [3.05, 3.63) is 79.3 Å². The van der Waals surface area contributed by atoms with Gasteiger partial charge in [-0.05, 0) is 24.5 Å². The Morgan fingerprint density at radius 3 is 2.43 bits per heavy atom. The molecule has 0 aliphatic carbocycles. The summed E-state index contributed by atoms with van der Waals surface area (Å²) in [6.45, 7) is 0.812. The van der Waals surface area contributed by atoms with Gasteiger partial charge in [-0.15, -0.1) is 0 Å². The van der Waals surface area contributed by atoms with E-state index in [2.05, 4.69) is 45.6 Å². The van der Waals surface area contributed by atoms with E-state index in [1.54, 1.807) is 12.6 Å². The molecule has 0 spiro atoms. The van der Waals surface area contributed by atoms with Gasteiger partial charge in [0.1, 0.15) is 24.0 Å². The molecule has 0 saturated carbocycles. The third-order valence-corrected chi connectivity index (χ3v) is 5.35. The van der Waals surface area contributed by atoms with Crippen LogP contribution in [0.25, 0.3) is 33.6 Å². The molecule has 2 aromatic heterocycles. The first kappa shape index (κ1) is 18.4. The number of fused-ring (bicyclic) bond motifs is 1. The molecule has 2 aromatic carbocycles. The predicted octanol–water partition coefficient (Wildman–Crippen LogP) is 6.05. The van der Waals surface area contributed by atoms with Crippen molar-refractivity contribution < 1.29 is 9.15 Å². The number of anilines is 1. The number of nitrogens with zero attached hydrogens (tertiary/aromatic N) is 2. The van der Waals surface area contributed by atoms with Crippen LogP contribution in [0.5, 0.6) is 0 Å². The summed E-state index contributed by atoms with van der Waals surface area (Å²) in [5.41, 5.74) is 3.71. The minimum Gasteiger partial charge on any atom is -0.498 e. The Morgan fingerprint density at radius 2 is 1.70 bits per heavy atom. The first-order chi connectivity index (χ1) is 14.9. The summed E-state index contributed by atoms with van der Waals surface area (Å²) in [6.07, 6.45) is 8.75. The van der Waals surface area contributed by atoms with E-state index in [4.69, 9.17) is 9.15 Å². The fraction of sp³-hybridized carbons (Fsp3) is 0.200. The van der Waals surface area contributed by atoms with Crippen LogP contribution in [-0.2, 0) is 4.74 Å². The highest BCUT2D eigenvalue weighted by Crippen LogP contribution is 2.42. The van der Waals surface area contributed by atoms with E-state index in [1.807, 2.05) is 36.4 Å². The fourth-order valence-corrected chi connectivity index (χ4v) is 3.89. The van der Waals surface area contributed by atoms with Crippen LogP contribution in [0.1, 0.15) is 19.3 Å². The SMILES string of the molecule is C1=COC(CCCNc2ncnc3oc(-c4ccccc4)c(-c4ccccc4)c23)C1. The van der Waals surface area contributed by atoms with Gasteiger partial charge in [0.25, 0.3) is 0 Å². The summed E-state index contributed by atoms with van der Waals surface area (Å²) in [5, 5.41) is 4.42. The Labute approximate surface area is 175 Å². The van der Waals surface area contributed by atoms with Gasteiger partial charge < -0.3 is 14.5 Å². The minimum atomic E-state index is 0.302. The highest BCUT2D eigenvalue weighted by atomic mass is 16.5.